The lowest BCUT2D eigenvalue weighted by Gasteiger charge is -2.12. The molecule has 3 aromatic rings. The number of nitrogens with zero attached hydrogens (tertiary/aromatic N) is 2. The van der Waals surface area contributed by atoms with E-state index in [9.17, 15) is 31.1 Å². The quantitative estimate of drug-likeness (QED) is 0.445. The Balaban J connectivity index is 1.91. The molecule has 0 saturated heterocycles. The van der Waals surface area contributed by atoms with Crippen molar-refractivity contribution in [2.45, 2.75) is 25.4 Å². The van der Waals surface area contributed by atoms with Crippen molar-refractivity contribution in [3.8, 4) is 10.6 Å². The Bertz CT molecular complexity index is 1140. The molecule has 0 fully saturated rings. The predicted molar refractivity (Wildman–Crippen MR) is 113 cm³/mol. The van der Waals surface area contributed by atoms with Crippen molar-refractivity contribution in [1.82, 2.24) is 15.2 Å². The van der Waals surface area contributed by atoms with Gasteiger partial charge >= 0.3 is 12.4 Å². The van der Waals surface area contributed by atoms with Crippen LogP contribution in [0.25, 0.3) is 10.6 Å². The second-order valence-electron chi connectivity index (χ2n) is 7.47. The van der Waals surface area contributed by atoms with Gasteiger partial charge in [-0.25, -0.2) is 4.98 Å². The summed E-state index contributed by atoms with van der Waals surface area (Å²) >= 11 is 0.590. The van der Waals surface area contributed by atoms with Crippen molar-refractivity contribution >= 4 is 17.2 Å². The zero-order chi connectivity index (χ0) is 24.4. The van der Waals surface area contributed by atoms with E-state index in [2.05, 4.69) is 10.3 Å². The number of amides is 1. The third-order valence-electron chi connectivity index (χ3n) is 4.54. The van der Waals surface area contributed by atoms with Crippen molar-refractivity contribution in [3.05, 3.63) is 75.8 Å². The van der Waals surface area contributed by atoms with Crippen molar-refractivity contribution in [3.63, 3.8) is 0 Å². The minimum atomic E-state index is -4.88. The van der Waals surface area contributed by atoms with Gasteiger partial charge in [0, 0.05) is 18.7 Å². The molecule has 11 heteroatoms. The molecule has 176 valence electrons. The van der Waals surface area contributed by atoms with Gasteiger partial charge in [-0.2, -0.15) is 26.3 Å². The van der Waals surface area contributed by atoms with Gasteiger partial charge in [-0.15, -0.1) is 11.3 Å². The smallest absolute Gasteiger partial charge is 0.347 e. The van der Waals surface area contributed by atoms with Gasteiger partial charge in [-0.1, -0.05) is 36.4 Å². The van der Waals surface area contributed by atoms with Crippen LogP contribution in [-0.2, 0) is 25.4 Å². The van der Waals surface area contributed by atoms with E-state index in [1.54, 1.807) is 24.3 Å². The number of benzene rings is 2. The molecule has 0 radical (unpaired) electrons. The highest BCUT2D eigenvalue weighted by Gasteiger charge is 2.40. The predicted octanol–water partition coefficient (Wildman–Crippen LogP) is 5.84. The van der Waals surface area contributed by atoms with Crippen molar-refractivity contribution < 1.29 is 31.1 Å². The van der Waals surface area contributed by atoms with E-state index in [1.807, 2.05) is 19.0 Å². The summed E-state index contributed by atoms with van der Waals surface area (Å²) in [6, 6.07) is 11.0. The molecule has 0 spiro atoms. The van der Waals surface area contributed by atoms with Crippen molar-refractivity contribution in [2.24, 2.45) is 0 Å². The van der Waals surface area contributed by atoms with E-state index in [-0.39, 0.29) is 17.1 Å². The van der Waals surface area contributed by atoms with Crippen LogP contribution < -0.4 is 5.32 Å². The van der Waals surface area contributed by atoms with Gasteiger partial charge < -0.3 is 10.2 Å². The Kier molecular flexibility index (Phi) is 7.13. The van der Waals surface area contributed by atoms with Crippen LogP contribution in [0, 0.1) is 0 Å². The van der Waals surface area contributed by atoms with E-state index in [0.717, 1.165) is 23.8 Å². The summed E-state index contributed by atoms with van der Waals surface area (Å²) in [5, 5.41) is 2.31. The standard InChI is InChI=1S/C22H19F6N3OS/c1-31(2)12-14-7-3-4-9-16(14)20-30-18(22(26,27)28)17(33-20)19(32)29-11-13-6-5-8-15(10-13)21(23,24)25/h3-10H,11-12H2,1-2H3,(H,29,32). The fourth-order valence-corrected chi connectivity index (χ4v) is 4.17. The number of hydrogen-bond donors (Lipinski definition) is 1. The molecule has 1 heterocycles. The SMILES string of the molecule is CN(C)Cc1ccccc1-c1nc(C(F)(F)F)c(C(=O)NCc2cccc(C(F)(F)F)c2)s1. The Hall–Kier alpha value is -2.92. The number of carbonyl (C=O) groups is 1. The highest BCUT2D eigenvalue weighted by atomic mass is 32.1. The van der Waals surface area contributed by atoms with Gasteiger partial charge in [0.15, 0.2) is 5.69 Å². The Morgan fingerprint density at radius 1 is 1.00 bits per heavy atom. The molecular formula is C22H19F6N3OS. The van der Waals surface area contributed by atoms with Gasteiger partial charge in [-0.05, 0) is 37.4 Å². The second kappa shape index (κ2) is 9.52. The van der Waals surface area contributed by atoms with Crippen LogP contribution in [0.1, 0.15) is 32.1 Å². The van der Waals surface area contributed by atoms with Gasteiger partial charge in [0.1, 0.15) is 9.88 Å². The molecule has 0 unspecified atom stereocenters. The monoisotopic (exact) mass is 487 g/mol. The third-order valence-corrected chi connectivity index (χ3v) is 5.63. The first-order chi connectivity index (χ1) is 15.4. The Morgan fingerprint density at radius 3 is 2.33 bits per heavy atom. The van der Waals surface area contributed by atoms with Crippen LogP contribution in [0.5, 0.6) is 0 Å². The molecule has 4 nitrogen and oxygen atoms in total. The fraction of sp³-hybridized carbons (Fsp3) is 0.273. The maximum atomic E-state index is 13.6. The van der Waals surface area contributed by atoms with E-state index < -0.39 is 34.4 Å². The number of hydrogen-bond acceptors (Lipinski definition) is 4. The van der Waals surface area contributed by atoms with Crippen LogP contribution in [0.4, 0.5) is 26.3 Å². The summed E-state index contributed by atoms with van der Waals surface area (Å²) < 4.78 is 79.5. The number of alkyl halides is 6. The first-order valence-corrected chi connectivity index (χ1v) is 10.4. The molecule has 1 N–H and O–H groups in total. The first kappa shape index (κ1) is 24.7. The minimum Gasteiger partial charge on any atom is -0.347 e. The highest BCUT2D eigenvalue weighted by Crippen LogP contribution is 2.39. The van der Waals surface area contributed by atoms with E-state index >= 15 is 0 Å². The number of aromatic nitrogens is 1. The molecule has 0 bridgehead atoms. The summed E-state index contributed by atoms with van der Waals surface area (Å²) in [6.45, 7) is 0.0820. The van der Waals surface area contributed by atoms with Crippen LogP contribution in [0.2, 0.25) is 0 Å². The summed E-state index contributed by atoms with van der Waals surface area (Å²) in [5.74, 6) is -1.06. The van der Waals surface area contributed by atoms with Gasteiger partial charge in [-0.3, -0.25) is 4.79 Å². The molecular weight excluding hydrogens is 468 g/mol. The lowest BCUT2D eigenvalue weighted by atomic mass is 10.1. The zero-order valence-corrected chi connectivity index (χ0v) is 18.3. The molecule has 33 heavy (non-hydrogen) atoms. The fourth-order valence-electron chi connectivity index (χ4n) is 3.11. The highest BCUT2D eigenvalue weighted by molar-refractivity contribution is 7.17. The normalized spacial score (nSPS) is 12.3. The van der Waals surface area contributed by atoms with Crippen LogP contribution in [-0.4, -0.2) is 29.9 Å². The summed E-state index contributed by atoms with van der Waals surface area (Å²) in [5.41, 5.74) is -0.932. The topological polar surface area (TPSA) is 45.2 Å². The van der Waals surface area contributed by atoms with E-state index in [1.165, 1.54) is 6.07 Å². The van der Waals surface area contributed by atoms with Gasteiger partial charge in [0.05, 0.1) is 5.56 Å². The van der Waals surface area contributed by atoms with Crippen molar-refractivity contribution in [1.29, 1.82) is 0 Å². The van der Waals surface area contributed by atoms with E-state index in [4.69, 9.17) is 0 Å². The van der Waals surface area contributed by atoms with Crippen molar-refractivity contribution in [2.75, 3.05) is 14.1 Å². The zero-order valence-electron chi connectivity index (χ0n) is 17.5. The average molecular weight is 487 g/mol. The van der Waals surface area contributed by atoms with Crippen LogP contribution in [0.3, 0.4) is 0 Å². The molecule has 2 aromatic carbocycles. The van der Waals surface area contributed by atoms with Gasteiger partial charge in [0.25, 0.3) is 5.91 Å². The lowest BCUT2D eigenvalue weighted by Crippen LogP contribution is -2.25. The Morgan fingerprint density at radius 2 is 1.70 bits per heavy atom. The summed E-state index contributed by atoms with van der Waals surface area (Å²) in [4.78, 5) is 17.5. The average Bonchev–Trinajstić information content (AvgIpc) is 3.17. The lowest BCUT2D eigenvalue weighted by molar-refractivity contribution is -0.141. The second-order valence-corrected chi connectivity index (χ2v) is 8.47. The third kappa shape index (κ3) is 6.11. The molecule has 0 aliphatic heterocycles. The molecule has 0 aliphatic carbocycles. The number of rotatable bonds is 6. The minimum absolute atomic E-state index is 0.0315. The number of thiazole rings is 1. The molecule has 0 aliphatic rings. The summed E-state index contributed by atoms with van der Waals surface area (Å²) in [7, 11) is 3.62. The number of halogens is 6. The van der Waals surface area contributed by atoms with Crippen LogP contribution >= 0.6 is 11.3 Å². The molecule has 0 atom stereocenters. The molecule has 1 amide bonds. The van der Waals surface area contributed by atoms with Crippen LogP contribution in [0.15, 0.2) is 48.5 Å². The summed E-state index contributed by atoms with van der Waals surface area (Å²) in [6.07, 6.45) is -9.45. The molecule has 3 rings (SSSR count). The molecule has 0 saturated carbocycles. The molecule has 1 aromatic heterocycles. The maximum absolute atomic E-state index is 13.6. The Labute approximate surface area is 189 Å². The number of nitrogens with one attached hydrogen (secondary N) is 1. The maximum Gasteiger partial charge on any atom is 0.435 e. The van der Waals surface area contributed by atoms with E-state index in [0.29, 0.717) is 23.4 Å². The largest absolute Gasteiger partial charge is 0.435 e. The number of carbonyl (C=O) groups excluding carboxylic acids is 1. The van der Waals surface area contributed by atoms with Gasteiger partial charge in [0.2, 0.25) is 0 Å². The first-order valence-electron chi connectivity index (χ1n) is 9.61.